The van der Waals surface area contributed by atoms with E-state index in [1.165, 1.54) is 13.3 Å². The molecule has 104 valence electrons. The summed E-state index contributed by atoms with van der Waals surface area (Å²) >= 11 is 0. The number of carbonyl (C=O) groups is 1. The van der Waals surface area contributed by atoms with Crippen LogP contribution in [0.25, 0.3) is 0 Å². The molecule has 0 radical (unpaired) electrons. The Labute approximate surface area is 112 Å². The van der Waals surface area contributed by atoms with E-state index in [9.17, 15) is 4.79 Å². The predicted molar refractivity (Wildman–Crippen MR) is 72.1 cm³/mol. The van der Waals surface area contributed by atoms with Crippen LogP contribution >= 0.6 is 0 Å². The molecule has 3 N–H and O–H groups in total. The minimum atomic E-state index is -0.465. The standard InChI is InChI=1S/C13H19N3O3/c1-13(4-3-5-19-8-13)16-11-6-9(12(17)18-2)10(14)7-15-11/h6-7H,3-5,8,14H2,1-2H3,(H,15,16). The molecule has 0 aliphatic carbocycles. The lowest BCUT2D eigenvalue weighted by atomic mass is 9.95. The van der Waals surface area contributed by atoms with Gasteiger partial charge in [-0.15, -0.1) is 0 Å². The van der Waals surface area contributed by atoms with E-state index in [1.54, 1.807) is 6.07 Å². The summed E-state index contributed by atoms with van der Waals surface area (Å²) in [7, 11) is 1.32. The normalized spacial score (nSPS) is 22.8. The van der Waals surface area contributed by atoms with Crippen LogP contribution in [0.15, 0.2) is 12.3 Å². The van der Waals surface area contributed by atoms with Crippen LogP contribution in [0.5, 0.6) is 0 Å². The van der Waals surface area contributed by atoms with Gasteiger partial charge < -0.3 is 20.5 Å². The van der Waals surface area contributed by atoms with Crippen molar-refractivity contribution in [2.24, 2.45) is 0 Å². The minimum absolute atomic E-state index is 0.172. The summed E-state index contributed by atoms with van der Waals surface area (Å²) in [5, 5.41) is 3.30. The van der Waals surface area contributed by atoms with Crippen LogP contribution in [0.1, 0.15) is 30.1 Å². The molecule has 6 heteroatoms. The monoisotopic (exact) mass is 265 g/mol. The Morgan fingerprint density at radius 3 is 3.05 bits per heavy atom. The first kappa shape index (κ1) is 13.6. The molecule has 1 aromatic rings. The first-order chi connectivity index (χ1) is 9.04. The minimum Gasteiger partial charge on any atom is -0.465 e. The Kier molecular flexibility index (Phi) is 3.90. The molecule has 0 bridgehead atoms. The Bertz CT molecular complexity index is 470. The van der Waals surface area contributed by atoms with Crippen LogP contribution in [-0.4, -0.2) is 36.8 Å². The number of carbonyl (C=O) groups excluding carboxylic acids is 1. The third kappa shape index (κ3) is 3.14. The highest BCUT2D eigenvalue weighted by Gasteiger charge is 2.28. The molecule has 1 unspecified atom stereocenters. The van der Waals surface area contributed by atoms with Gasteiger partial charge in [-0.3, -0.25) is 0 Å². The van der Waals surface area contributed by atoms with Gasteiger partial charge in [0.15, 0.2) is 0 Å². The lowest BCUT2D eigenvalue weighted by molar-refractivity contribution is 0.0538. The Morgan fingerprint density at radius 1 is 1.63 bits per heavy atom. The maximum atomic E-state index is 11.6. The van der Waals surface area contributed by atoms with Gasteiger partial charge in [-0.1, -0.05) is 0 Å². The van der Waals surface area contributed by atoms with Gasteiger partial charge in [0.25, 0.3) is 0 Å². The number of nitrogens with zero attached hydrogens (tertiary/aromatic N) is 1. The third-order valence-electron chi connectivity index (χ3n) is 3.21. The molecule has 0 aromatic carbocycles. The second-order valence-corrected chi connectivity index (χ2v) is 4.99. The molecule has 0 amide bonds. The Morgan fingerprint density at radius 2 is 2.42 bits per heavy atom. The van der Waals surface area contributed by atoms with Gasteiger partial charge in [0.05, 0.1) is 36.7 Å². The van der Waals surface area contributed by atoms with E-state index in [2.05, 4.69) is 22.0 Å². The molecule has 1 aromatic heterocycles. The number of aromatic nitrogens is 1. The van der Waals surface area contributed by atoms with Crippen LogP contribution in [0, 0.1) is 0 Å². The highest BCUT2D eigenvalue weighted by Crippen LogP contribution is 2.24. The first-order valence-electron chi connectivity index (χ1n) is 6.24. The number of nitrogens with one attached hydrogen (secondary N) is 1. The average Bonchev–Trinajstić information content (AvgIpc) is 2.40. The van der Waals surface area contributed by atoms with Crippen molar-refractivity contribution in [2.75, 3.05) is 31.4 Å². The molecular formula is C13H19N3O3. The smallest absolute Gasteiger partial charge is 0.340 e. The van der Waals surface area contributed by atoms with Crippen molar-refractivity contribution < 1.29 is 14.3 Å². The molecule has 0 saturated carbocycles. The number of pyridine rings is 1. The van der Waals surface area contributed by atoms with Crippen LogP contribution in [0.2, 0.25) is 0 Å². The summed E-state index contributed by atoms with van der Waals surface area (Å²) in [6.07, 6.45) is 3.45. The average molecular weight is 265 g/mol. The zero-order valence-electron chi connectivity index (χ0n) is 11.2. The van der Waals surface area contributed by atoms with Crippen LogP contribution in [0.3, 0.4) is 0 Å². The van der Waals surface area contributed by atoms with Crippen molar-refractivity contribution in [1.29, 1.82) is 0 Å². The molecule has 1 aliphatic rings. The fourth-order valence-electron chi connectivity index (χ4n) is 2.16. The maximum Gasteiger partial charge on any atom is 0.340 e. The summed E-state index contributed by atoms with van der Waals surface area (Å²) in [5.74, 6) is 0.135. The number of nitrogens with two attached hydrogens (primary N) is 1. The van der Waals surface area contributed by atoms with E-state index >= 15 is 0 Å². The van der Waals surface area contributed by atoms with Gasteiger partial charge in [-0.05, 0) is 25.8 Å². The number of esters is 1. The number of rotatable bonds is 3. The van der Waals surface area contributed by atoms with Crippen molar-refractivity contribution in [1.82, 2.24) is 4.98 Å². The van der Waals surface area contributed by atoms with Crippen molar-refractivity contribution >= 4 is 17.5 Å². The van der Waals surface area contributed by atoms with Gasteiger partial charge in [0, 0.05) is 6.61 Å². The predicted octanol–water partition coefficient (Wildman–Crippen LogP) is 1.43. The SMILES string of the molecule is COC(=O)c1cc(NC2(C)CCCOC2)ncc1N. The summed E-state index contributed by atoms with van der Waals surface area (Å²) in [6.45, 7) is 3.48. The van der Waals surface area contributed by atoms with E-state index in [4.69, 9.17) is 10.5 Å². The van der Waals surface area contributed by atoms with Gasteiger partial charge in [0.1, 0.15) is 5.82 Å². The fraction of sp³-hybridized carbons (Fsp3) is 0.538. The number of methoxy groups -OCH3 is 1. The zero-order valence-corrected chi connectivity index (χ0v) is 11.2. The second-order valence-electron chi connectivity index (χ2n) is 4.99. The van der Waals surface area contributed by atoms with E-state index in [1.807, 2.05) is 0 Å². The highest BCUT2D eigenvalue weighted by molar-refractivity contribution is 5.95. The molecule has 2 heterocycles. The van der Waals surface area contributed by atoms with Gasteiger partial charge >= 0.3 is 5.97 Å². The molecule has 1 aliphatic heterocycles. The Balaban J connectivity index is 2.19. The molecular weight excluding hydrogens is 246 g/mol. The molecule has 19 heavy (non-hydrogen) atoms. The first-order valence-corrected chi connectivity index (χ1v) is 6.24. The summed E-state index contributed by atoms with van der Waals surface area (Å²) < 4.78 is 10.2. The number of anilines is 2. The quantitative estimate of drug-likeness (QED) is 0.804. The van der Waals surface area contributed by atoms with Gasteiger partial charge in [-0.25, -0.2) is 9.78 Å². The van der Waals surface area contributed by atoms with Crippen molar-refractivity contribution in [3.63, 3.8) is 0 Å². The lowest BCUT2D eigenvalue weighted by Gasteiger charge is -2.34. The number of ether oxygens (including phenoxy) is 2. The molecule has 6 nitrogen and oxygen atoms in total. The second kappa shape index (κ2) is 5.44. The maximum absolute atomic E-state index is 11.6. The summed E-state index contributed by atoms with van der Waals surface area (Å²) in [6, 6.07) is 1.61. The number of nitrogen functional groups attached to an aromatic ring is 1. The van der Waals surface area contributed by atoms with E-state index in [0.717, 1.165) is 19.4 Å². The molecule has 2 rings (SSSR count). The zero-order chi connectivity index (χ0) is 13.9. The molecule has 1 fully saturated rings. The van der Waals surface area contributed by atoms with Crippen LogP contribution < -0.4 is 11.1 Å². The fourth-order valence-corrected chi connectivity index (χ4v) is 2.16. The van der Waals surface area contributed by atoms with E-state index in [-0.39, 0.29) is 5.54 Å². The summed E-state index contributed by atoms with van der Waals surface area (Å²) in [5.41, 5.74) is 6.17. The third-order valence-corrected chi connectivity index (χ3v) is 3.21. The molecule has 1 atom stereocenters. The lowest BCUT2D eigenvalue weighted by Crippen LogP contribution is -2.43. The topological polar surface area (TPSA) is 86.5 Å². The van der Waals surface area contributed by atoms with Crippen molar-refractivity contribution in [3.8, 4) is 0 Å². The number of hydrogen-bond donors (Lipinski definition) is 2. The van der Waals surface area contributed by atoms with Gasteiger partial charge in [-0.2, -0.15) is 0 Å². The molecule has 0 spiro atoms. The van der Waals surface area contributed by atoms with Crippen molar-refractivity contribution in [3.05, 3.63) is 17.8 Å². The van der Waals surface area contributed by atoms with Gasteiger partial charge in [0.2, 0.25) is 0 Å². The number of hydrogen-bond acceptors (Lipinski definition) is 6. The summed E-state index contributed by atoms with van der Waals surface area (Å²) in [4.78, 5) is 15.8. The highest BCUT2D eigenvalue weighted by atomic mass is 16.5. The van der Waals surface area contributed by atoms with E-state index < -0.39 is 5.97 Å². The van der Waals surface area contributed by atoms with Crippen LogP contribution in [0.4, 0.5) is 11.5 Å². The largest absolute Gasteiger partial charge is 0.465 e. The Hall–Kier alpha value is -1.82. The molecule has 1 saturated heterocycles. The van der Waals surface area contributed by atoms with Crippen LogP contribution in [-0.2, 0) is 9.47 Å². The van der Waals surface area contributed by atoms with E-state index in [0.29, 0.717) is 23.7 Å². The van der Waals surface area contributed by atoms with Crippen molar-refractivity contribution in [2.45, 2.75) is 25.3 Å².